The normalized spacial score (nSPS) is 18.1. The minimum atomic E-state index is -3.30. The van der Waals surface area contributed by atoms with Crippen molar-refractivity contribution in [3.05, 3.63) is 6.33 Å². The predicted octanol–water partition coefficient (Wildman–Crippen LogP) is -0.237. The summed E-state index contributed by atoms with van der Waals surface area (Å²) in [6, 6.07) is 0. The second-order valence-corrected chi connectivity index (χ2v) is 5.84. The molecule has 1 aliphatic rings. The van der Waals surface area contributed by atoms with Crippen LogP contribution in [0.1, 0.15) is 12.8 Å². The van der Waals surface area contributed by atoms with E-state index in [1.54, 1.807) is 7.05 Å². The fraction of sp³-hybridized carbons (Fsp3) is 0.750. The maximum absolute atomic E-state index is 12.1. The molecule has 0 spiro atoms. The van der Waals surface area contributed by atoms with Crippen LogP contribution in [0.4, 0.5) is 0 Å². The van der Waals surface area contributed by atoms with Crippen molar-refractivity contribution in [2.24, 2.45) is 7.05 Å². The number of halogens is 1. The second kappa shape index (κ2) is 5.11. The number of hydrogen-bond donors (Lipinski definition) is 1. The summed E-state index contributed by atoms with van der Waals surface area (Å²) in [5, 5.41) is 10.2. The maximum atomic E-state index is 12.1. The van der Waals surface area contributed by atoms with Crippen LogP contribution in [0.3, 0.4) is 0 Å². The van der Waals surface area contributed by atoms with E-state index >= 15 is 0 Å². The molecule has 1 saturated heterocycles. The Morgan fingerprint density at radius 3 is 2.56 bits per heavy atom. The van der Waals surface area contributed by atoms with E-state index in [0.29, 0.717) is 12.8 Å². The molecule has 16 heavy (non-hydrogen) atoms. The molecule has 1 N–H and O–H groups in total. The minimum absolute atomic E-state index is 0. The highest BCUT2D eigenvalue weighted by Gasteiger charge is 2.32. The average Bonchev–Trinajstić information content (AvgIpc) is 2.66. The summed E-state index contributed by atoms with van der Waals surface area (Å²) in [4.78, 5) is 0. The molecule has 2 heterocycles. The van der Waals surface area contributed by atoms with Gasteiger partial charge >= 0.3 is 0 Å². The Morgan fingerprint density at radius 2 is 2.06 bits per heavy atom. The molecule has 0 unspecified atom stereocenters. The molecule has 0 aromatic carbocycles. The Hall–Kier alpha value is -0.660. The Bertz CT molecular complexity index is 439. The molecule has 0 radical (unpaired) electrons. The Balaban J connectivity index is 0.00000128. The van der Waals surface area contributed by atoms with E-state index in [9.17, 15) is 8.42 Å². The molecule has 2 rings (SSSR count). The van der Waals surface area contributed by atoms with Crippen LogP contribution in [0.15, 0.2) is 11.5 Å². The van der Waals surface area contributed by atoms with Crippen LogP contribution in [-0.4, -0.2) is 41.5 Å². The van der Waals surface area contributed by atoms with E-state index in [0.717, 1.165) is 13.1 Å². The number of aryl methyl sites for hydroxylation is 1. The van der Waals surface area contributed by atoms with Crippen LogP contribution in [-0.2, 0) is 16.9 Å². The largest absolute Gasteiger partial charge is 0.317 e. The fourth-order valence-electron chi connectivity index (χ4n) is 1.79. The zero-order valence-corrected chi connectivity index (χ0v) is 10.6. The zero-order valence-electron chi connectivity index (χ0n) is 8.96. The van der Waals surface area contributed by atoms with Crippen molar-refractivity contribution < 1.29 is 8.42 Å². The number of piperidine rings is 1. The molecule has 8 heteroatoms. The van der Waals surface area contributed by atoms with Gasteiger partial charge in [-0.1, -0.05) is 0 Å². The number of aromatic nitrogens is 3. The van der Waals surface area contributed by atoms with Crippen molar-refractivity contribution in [2.45, 2.75) is 23.2 Å². The molecule has 6 nitrogen and oxygen atoms in total. The summed E-state index contributed by atoms with van der Waals surface area (Å²) in [7, 11) is -1.65. The maximum Gasteiger partial charge on any atom is 0.249 e. The van der Waals surface area contributed by atoms with Crippen molar-refractivity contribution in [1.29, 1.82) is 0 Å². The van der Waals surface area contributed by atoms with Crippen molar-refractivity contribution >= 4 is 22.2 Å². The van der Waals surface area contributed by atoms with Gasteiger partial charge in [-0.25, -0.2) is 8.42 Å². The third-order valence-electron chi connectivity index (χ3n) is 2.65. The van der Waals surface area contributed by atoms with Crippen molar-refractivity contribution in [1.82, 2.24) is 20.1 Å². The van der Waals surface area contributed by atoms with Gasteiger partial charge < -0.3 is 9.88 Å². The van der Waals surface area contributed by atoms with Crippen LogP contribution in [0, 0.1) is 0 Å². The van der Waals surface area contributed by atoms with Gasteiger partial charge in [-0.15, -0.1) is 22.6 Å². The van der Waals surface area contributed by atoms with E-state index in [1.165, 1.54) is 10.9 Å². The van der Waals surface area contributed by atoms with Gasteiger partial charge in [-0.05, 0) is 25.9 Å². The third-order valence-corrected chi connectivity index (χ3v) is 4.88. The number of rotatable bonds is 2. The van der Waals surface area contributed by atoms with Crippen LogP contribution >= 0.6 is 12.4 Å². The summed E-state index contributed by atoms with van der Waals surface area (Å²) < 4.78 is 25.7. The molecular formula is C8H15ClN4O2S. The smallest absolute Gasteiger partial charge is 0.249 e. The summed E-state index contributed by atoms with van der Waals surface area (Å²) in [5.74, 6) is 0. The van der Waals surface area contributed by atoms with Gasteiger partial charge in [0.15, 0.2) is 0 Å². The highest BCUT2D eigenvalue weighted by Crippen LogP contribution is 2.19. The topological polar surface area (TPSA) is 76.9 Å². The van der Waals surface area contributed by atoms with Gasteiger partial charge in [0.05, 0.1) is 5.25 Å². The molecule has 1 aromatic heterocycles. The summed E-state index contributed by atoms with van der Waals surface area (Å²) in [6.45, 7) is 1.50. The Morgan fingerprint density at radius 1 is 1.44 bits per heavy atom. The lowest BCUT2D eigenvalue weighted by Gasteiger charge is -2.21. The second-order valence-electron chi connectivity index (χ2n) is 3.72. The molecule has 1 fully saturated rings. The molecule has 0 amide bonds. The molecule has 0 aliphatic carbocycles. The van der Waals surface area contributed by atoms with Gasteiger partial charge in [0.2, 0.25) is 15.0 Å². The SMILES string of the molecule is Cl.Cn1cnnc1S(=O)(=O)C1CCNCC1. The van der Waals surface area contributed by atoms with Crippen LogP contribution < -0.4 is 5.32 Å². The van der Waals surface area contributed by atoms with Gasteiger partial charge in [-0.2, -0.15) is 0 Å². The summed E-state index contributed by atoms with van der Waals surface area (Å²) >= 11 is 0. The van der Waals surface area contributed by atoms with Gasteiger partial charge in [-0.3, -0.25) is 0 Å². The van der Waals surface area contributed by atoms with Gasteiger partial charge in [0, 0.05) is 7.05 Å². The first-order valence-corrected chi connectivity index (χ1v) is 6.45. The zero-order chi connectivity index (χ0) is 10.9. The van der Waals surface area contributed by atoms with Crippen molar-refractivity contribution in [3.63, 3.8) is 0 Å². The molecule has 0 bridgehead atoms. The number of sulfone groups is 1. The predicted molar refractivity (Wildman–Crippen MR) is 61.3 cm³/mol. The highest BCUT2D eigenvalue weighted by atomic mass is 35.5. The number of nitrogens with one attached hydrogen (secondary N) is 1. The molecule has 0 atom stereocenters. The molecule has 1 aliphatic heterocycles. The monoisotopic (exact) mass is 266 g/mol. The van der Waals surface area contributed by atoms with E-state index in [2.05, 4.69) is 15.5 Å². The fourth-order valence-corrected chi connectivity index (χ4v) is 3.55. The molecule has 1 aromatic rings. The van der Waals surface area contributed by atoms with Gasteiger partial charge in [0.25, 0.3) is 0 Å². The molecular weight excluding hydrogens is 252 g/mol. The lowest BCUT2D eigenvalue weighted by Crippen LogP contribution is -2.36. The van der Waals surface area contributed by atoms with Crippen molar-refractivity contribution in [3.8, 4) is 0 Å². The molecule has 0 saturated carbocycles. The third kappa shape index (κ3) is 2.36. The van der Waals surface area contributed by atoms with Crippen LogP contribution in [0.25, 0.3) is 0 Å². The number of hydrogen-bond acceptors (Lipinski definition) is 5. The Labute approximate surface area is 101 Å². The van der Waals surface area contributed by atoms with E-state index in [1.807, 2.05) is 0 Å². The van der Waals surface area contributed by atoms with Gasteiger partial charge in [0.1, 0.15) is 6.33 Å². The first kappa shape index (κ1) is 13.4. The van der Waals surface area contributed by atoms with E-state index in [4.69, 9.17) is 0 Å². The quantitative estimate of drug-likeness (QED) is 0.800. The lowest BCUT2D eigenvalue weighted by atomic mass is 10.2. The first-order valence-electron chi connectivity index (χ1n) is 4.91. The summed E-state index contributed by atoms with van der Waals surface area (Å²) in [5.41, 5.74) is 0. The van der Waals surface area contributed by atoms with E-state index < -0.39 is 9.84 Å². The van der Waals surface area contributed by atoms with Crippen LogP contribution in [0.2, 0.25) is 0 Å². The molecule has 92 valence electrons. The highest BCUT2D eigenvalue weighted by molar-refractivity contribution is 7.91. The summed E-state index contributed by atoms with van der Waals surface area (Å²) in [6.07, 6.45) is 2.71. The Kier molecular flexibility index (Phi) is 4.28. The number of nitrogens with zero attached hydrogens (tertiary/aromatic N) is 3. The lowest BCUT2D eigenvalue weighted by molar-refractivity contribution is 0.489. The standard InChI is InChI=1S/C8H14N4O2S.ClH/c1-12-6-10-11-8(12)15(13,14)7-2-4-9-5-3-7;/h6-7,9H,2-5H2,1H3;1H. The van der Waals surface area contributed by atoms with E-state index in [-0.39, 0.29) is 22.8 Å². The van der Waals surface area contributed by atoms with Crippen molar-refractivity contribution in [2.75, 3.05) is 13.1 Å². The van der Waals surface area contributed by atoms with Crippen LogP contribution in [0.5, 0.6) is 0 Å². The first-order chi connectivity index (χ1) is 7.12. The average molecular weight is 267 g/mol. The minimum Gasteiger partial charge on any atom is -0.317 e.